The maximum atomic E-state index is 12.5. The van der Waals surface area contributed by atoms with Crippen molar-refractivity contribution < 1.29 is 9.59 Å². The first-order valence-electron chi connectivity index (χ1n) is 6.96. The van der Waals surface area contributed by atoms with Crippen molar-refractivity contribution in [2.75, 3.05) is 12.4 Å². The van der Waals surface area contributed by atoms with Crippen LogP contribution in [0.25, 0.3) is 11.0 Å². The molecule has 1 N–H and O–H groups in total. The van der Waals surface area contributed by atoms with Gasteiger partial charge in [0.05, 0.1) is 23.5 Å². The molecule has 1 saturated carbocycles. The van der Waals surface area contributed by atoms with Gasteiger partial charge in [-0.3, -0.25) is 18.7 Å². The molecule has 6 nitrogen and oxygen atoms in total. The molecular formula is C15H17N3O3. The molecule has 1 unspecified atom stereocenters. The Morgan fingerprint density at radius 1 is 1.19 bits per heavy atom. The molecule has 0 radical (unpaired) electrons. The van der Waals surface area contributed by atoms with Gasteiger partial charge in [0.2, 0.25) is 0 Å². The largest absolute Gasteiger partial charge is 0.388 e. The number of rotatable bonds is 2. The molecule has 1 atom stereocenters. The summed E-state index contributed by atoms with van der Waals surface area (Å²) in [4.78, 5) is 36.0. The van der Waals surface area contributed by atoms with Crippen molar-refractivity contribution in [3.8, 4) is 0 Å². The Balaban J connectivity index is 2.19. The zero-order chi connectivity index (χ0) is 15.1. The summed E-state index contributed by atoms with van der Waals surface area (Å²) < 4.78 is 3.07. The third kappa shape index (κ3) is 2.07. The molecule has 1 aliphatic carbocycles. The van der Waals surface area contributed by atoms with Gasteiger partial charge in [0.15, 0.2) is 5.78 Å². The highest BCUT2D eigenvalue weighted by Crippen LogP contribution is 2.27. The van der Waals surface area contributed by atoms with Gasteiger partial charge >= 0.3 is 5.69 Å². The highest BCUT2D eigenvalue weighted by Gasteiger charge is 2.31. The first kappa shape index (κ1) is 13.6. The average Bonchev–Trinajstić information content (AvgIpc) is 2.71. The second-order valence-electron chi connectivity index (χ2n) is 5.40. The smallest absolute Gasteiger partial charge is 0.329 e. The van der Waals surface area contributed by atoms with Gasteiger partial charge in [0.1, 0.15) is 5.78 Å². The quantitative estimate of drug-likeness (QED) is 0.844. The van der Waals surface area contributed by atoms with Gasteiger partial charge < -0.3 is 5.32 Å². The zero-order valence-corrected chi connectivity index (χ0v) is 12.0. The van der Waals surface area contributed by atoms with Crippen LogP contribution in [0.3, 0.4) is 0 Å². The van der Waals surface area contributed by atoms with E-state index in [1.807, 2.05) is 25.2 Å². The third-order valence-electron chi connectivity index (χ3n) is 4.13. The summed E-state index contributed by atoms with van der Waals surface area (Å²) in [7, 11) is 3.51. The Bertz CT molecular complexity index is 800. The number of hydrogen-bond donors (Lipinski definition) is 1. The third-order valence-corrected chi connectivity index (χ3v) is 4.13. The lowest BCUT2D eigenvalue weighted by molar-refractivity contribution is -0.132. The van der Waals surface area contributed by atoms with E-state index < -0.39 is 6.04 Å². The Morgan fingerprint density at radius 3 is 2.62 bits per heavy atom. The van der Waals surface area contributed by atoms with Gasteiger partial charge in [0.25, 0.3) is 0 Å². The van der Waals surface area contributed by atoms with E-state index in [4.69, 9.17) is 0 Å². The van der Waals surface area contributed by atoms with Crippen LogP contribution in [-0.2, 0) is 16.6 Å². The van der Waals surface area contributed by atoms with Gasteiger partial charge in [-0.2, -0.15) is 0 Å². The van der Waals surface area contributed by atoms with E-state index in [9.17, 15) is 14.4 Å². The fraction of sp³-hybridized carbons (Fsp3) is 0.400. The minimum absolute atomic E-state index is 0.0398. The van der Waals surface area contributed by atoms with E-state index >= 15 is 0 Å². The molecule has 1 aromatic carbocycles. The van der Waals surface area contributed by atoms with Crippen LogP contribution in [0.4, 0.5) is 5.69 Å². The number of anilines is 1. The number of imidazole rings is 1. The Kier molecular flexibility index (Phi) is 3.16. The summed E-state index contributed by atoms with van der Waals surface area (Å²) in [6.45, 7) is 0. The number of carbonyl (C=O) groups is 2. The number of aromatic nitrogens is 2. The number of fused-ring (bicyclic) bond motifs is 1. The lowest BCUT2D eigenvalue weighted by atomic mass is 9.93. The second-order valence-corrected chi connectivity index (χ2v) is 5.40. The van der Waals surface area contributed by atoms with E-state index in [2.05, 4.69) is 5.32 Å². The number of carbonyl (C=O) groups excluding carboxylic acids is 2. The van der Waals surface area contributed by atoms with Crippen molar-refractivity contribution in [1.29, 1.82) is 0 Å². The summed E-state index contributed by atoms with van der Waals surface area (Å²) in [6.07, 6.45) is 0.695. The first-order chi connectivity index (χ1) is 10.0. The highest BCUT2D eigenvalue weighted by molar-refractivity contribution is 6.03. The molecule has 110 valence electrons. The van der Waals surface area contributed by atoms with Crippen LogP contribution in [0, 0.1) is 0 Å². The van der Waals surface area contributed by atoms with Crippen LogP contribution < -0.4 is 11.0 Å². The molecule has 6 heteroatoms. The fourth-order valence-corrected chi connectivity index (χ4v) is 2.95. The van der Waals surface area contributed by atoms with E-state index in [0.29, 0.717) is 12.8 Å². The number of hydrogen-bond acceptors (Lipinski definition) is 4. The molecule has 0 bridgehead atoms. The predicted octanol–water partition coefficient (Wildman–Crippen LogP) is 1.24. The van der Waals surface area contributed by atoms with Crippen molar-refractivity contribution in [2.45, 2.75) is 25.3 Å². The van der Waals surface area contributed by atoms with Crippen molar-refractivity contribution >= 4 is 28.3 Å². The monoisotopic (exact) mass is 287 g/mol. The average molecular weight is 287 g/mol. The lowest BCUT2D eigenvalue weighted by Crippen LogP contribution is -2.34. The molecule has 1 heterocycles. The molecule has 21 heavy (non-hydrogen) atoms. The second kappa shape index (κ2) is 4.87. The van der Waals surface area contributed by atoms with Crippen molar-refractivity contribution in [3.05, 3.63) is 28.7 Å². The summed E-state index contributed by atoms with van der Waals surface area (Å²) in [6, 6.07) is 5.06. The van der Waals surface area contributed by atoms with Crippen LogP contribution in [0.15, 0.2) is 23.0 Å². The van der Waals surface area contributed by atoms with Gasteiger partial charge in [-0.25, -0.2) is 4.79 Å². The maximum Gasteiger partial charge on any atom is 0.329 e. The lowest BCUT2D eigenvalue weighted by Gasteiger charge is -2.21. The predicted molar refractivity (Wildman–Crippen MR) is 79.6 cm³/mol. The first-order valence-corrected chi connectivity index (χ1v) is 6.96. The summed E-state index contributed by atoms with van der Waals surface area (Å²) in [5.41, 5.74) is 2.19. The standard InChI is InChI=1S/C15H17N3O3/c1-16-9-3-5-11-13(7-9)17(2)15(21)18(11)12-6-4-10(19)8-14(12)20/h3,5,7,12,16H,4,6,8H2,1-2H3. The molecule has 1 aliphatic rings. The van der Waals surface area contributed by atoms with E-state index in [-0.39, 0.29) is 23.7 Å². The van der Waals surface area contributed by atoms with Crippen LogP contribution >= 0.6 is 0 Å². The molecular weight excluding hydrogens is 270 g/mol. The van der Waals surface area contributed by atoms with Crippen LogP contribution in [0.1, 0.15) is 25.3 Å². The molecule has 0 spiro atoms. The van der Waals surface area contributed by atoms with Crippen molar-refractivity contribution in [2.24, 2.45) is 7.05 Å². The summed E-state index contributed by atoms with van der Waals surface area (Å²) in [5.74, 6) is -0.208. The Labute approximate surface area is 121 Å². The fourth-order valence-electron chi connectivity index (χ4n) is 2.95. The van der Waals surface area contributed by atoms with Crippen LogP contribution in [0.5, 0.6) is 0 Å². The minimum atomic E-state index is -0.528. The van der Waals surface area contributed by atoms with Gasteiger partial charge in [-0.15, -0.1) is 0 Å². The molecule has 2 aromatic rings. The number of ketones is 2. The Morgan fingerprint density at radius 2 is 1.95 bits per heavy atom. The molecule has 0 aliphatic heterocycles. The van der Waals surface area contributed by atoms with E-state index in [1.54, 1.807) is 11.6 Å². The zero-order valence-electron chi connectivity index (χ0n) is 12.0. The number of benzene rings is 1. The topological polar surface area (TPSA) is 73.1 Å². The molecule has 0 amide bonds. The molecule has 0 saturated heterocycles. The number of nitrogens with zero attached hydrogens (tertiary/aromatic N) is 2. The Hall–Kier alpha value is -2.37. The highest BCUT2D eigenvalue weighted by atomic mass is 16.2. The van der Waals surface area contributed by atoms with E-state index in [1.165, 1.54) is 4.57 Å². The normalized spacial score (nSPS) is 19.2. The molecule has 1 fully saturated rings. The maximum absolute atomic E-state index is 12.5. The molecule has 3 rings (SSSR count). The van der Waals surface area contributed by atoms with Gasteiger partial charge in [-0.05, 0) is 24.6 Å². The van der Waals surface area contributed by atoms with E-state index in [0.717, 1.165) is 16.7 Å². The minimum Gasteiger partial charge on any atom is -0.388 e. The SMILES string of the molecule is CNc1ccc2c(c1)n(C)c(=O)n2C1CCC(=O)CC1=O. The van der Waals surface area contributed by atoms with Gasteiger partial charge in [0, 0.05) is 26.2 Å². The van der Waals surface area contributed by atoms with Gasteiger partial charge in [-0.1, -0.05) is 0 Å². The molecule has 1 aromatic heterocycles. The van der Waals surface area contributed by atoms with Crippen molar-refractivity contribution in [3.63, 3.8) is 0 Å². The summed E-state index contributed by atoms with van der Waals surface area (Å²) >= 11 is 0. The van der Waals surface area contributed by atoms with Crippen LogP contribution in [-0.4, -0.2) is 27.7 Å². The number of aryl methyl sites for hydroxylation is 1. The number of nitrogens with one attached hydrogen (secondary N) is 1. The summed E-state index contributed by atoms with van der Waals surface area (Å²) in [5, 5.41) is 3.03. The number of Topliss-reactive ketones (excluding diaryl/α,β-unsaturated/α-hetero) is 2. The van der Waals surface area contributed by atoms with Crippen LogP contribution in [0.2, 0.25) is 0 Å². The van der Waals surface area contributed by atoms with Crippen molar-refractivity contribution in [1.82, 2.24) is 9.13 Å².